The molecule has 130 valence electrons. The van der Waals surface area contributed by atoms with Crippen molar-refractivity contribution in [2.75, 3.05) is 31.1 Å². The monoisotopic (exact) mass is 328 g/mol. The highest BCUT2D eigenvalue weighted by molar-refractivity contribution is 5.78. The Kier molecular flexibility index (Phi) is 4.28. The normalized spacial score (nSPS) is 16.2. The van der Waals surface area contributed by atoms with E-state index < -0.39 is 0 Å². The minimum Gasteiger partial charge on any atom is -0.367 e. The fraction of sp³-hybridized carbons (Fsp3) is 0.579. The van der Waals surface area contributed by atoms with Gasteiger partial charge in [0.2, 0.25) is 5.91 Å². The van der Waals surface area contributed by atoms with E-state index in [1.807, 2.05) is 18.7 Å². The molecule has 1 aliphatic rings. The zero-order chi connectivity index (χ0) is 17.5. The number of nitrogens with zero attached hydrogens (tertiary/aromatic N) is 4. The summed E-state index contributed by atoms with van der Waals surface area (Å²) in [6, 6.07) is 4.21. The van der Waals surface area contributed by atoms with Gasteiger partial charge in [-0.25, -0.2) is 4.98 Å². The topological polar surface area (TPSA) is 40.9 Å². The van der Waals surface area contributed by atoms with Gasteiger partial charge in [-0.1, -0.05) is 34.6 Å². The number of imidazole rings is 1. The van der Waals surface area contributed by atoms with Crippen LogP contribution >= 0.6 is 0 Å². The Balaban J connectivity index is 1.75. The largest absolute Gasteiger partial charge is 0.367 e. The van der Waals surface area contributed by atoms with E-state index in [1.165, 1.54) is 5.69 Å². The Morgan fingerprint density at radius 3 is 2.33 bits per heavy atom. The molecule has 1 saturated heterocycles. The lowest BCUT2D eigenvalue weighted by atomic mass is 9.93. The van der Waals surface area contributed by atoms with Gasteiger partial charge in [0.25, 0.3) is 0 Å². The first-order chi connectivity index (χ1) is 11.3. The standard InChI is InChI=1S/C19H28N4O/c1-14(2)18(24)22-10-8-21(9-11-22)15-6-7-17-20-16(19(3,4)5)13-23(17)12-15/h6-7,12-14H,8-11H2,1-5H3. The lowest BCUT2D eigenvalue weighted by Crippen LogP contribution is -2.49. The molecule has 0 atom stereocenters. The van der Waals surface area contributed by atoms with Gasteiger partial charge >= 0.3 is 0 Å². The molecule has 24 heavy (non-hydrogen) atoms. The molecule has 1 fully saturated rings. The Labute approximate surface area is 144 Å². The molecular formula is C19H28N4O. The third kappa shape index (κ3) is 3.25. The SMILES string of the molecule is CC(C)C(=O)N1CCN(c2ccc3nc(C(C)(C)C)cn3c2)CC1. The van der Waals surface area contributed by atoms with Crippen LogP contribution in [0.2, 0.25) is 0 Å². The minimum atomic E-state index is 0.0506. The number of pyridine rings is 1. The van der Waals surface area contributed by atoms with Gasteiger partial charge < -0.3 is 14.2 Å². The zero-order valence-corrected chi connectivity index (χ0v) is 15.4. The Hall–Kier alpha value is -2.04. The highest BCUT2D eigenvalue weighted by Gasteiger charge is 2.23. The number of hydrogen-bond acceptors (Lipinski definition) is 3. The molecule has 0 spiro atoms. The van der Waals surface area contributed by atoms with Crippen LogP contribution in [0.3, 0.4) is 0 Å². The van der Waals surface area contributed by atoms with Crippen molar-refractivity contribution in [1.29, 1.82) is 0 Å². The second kappa shape index (κ2) is 6.11. The number of anilines is 1. The van der Waals surface area contributed by atoms with E-state index in [4.69, 9.17) is 4.98 Å². The average Bonchev–Trinajstić information content (AvgIpc) is 2.97. The van der Waals surface area contributed by atoms with Crippen LogP contribution in [0.1, 0.15) is 40.3 Å². The molecule has 2 aromatic heterocycles. The van der Waals surface area contributed by atoms with Crippen LogP contribution in [-0.4, -0.2) is 46.4 Å². The van der Waals surface area contributed by atoms with Crippen molar-refractivity contribution in [3.05, 3.63) is 30.2 Å². The third-order valence-corrected chi connectivity index (χ3v) is 4.65. The Morgan fingerprint density at radius 2 is 1.75 bits per heavy atom. The van der Waals surface area contributed by atoms with Gasteiger partial charge in [0.15, 0.2) is 0 Å². The van der Waals surface area contributed by atoms with E-state index in [9.17, 15) is 4.79 Å². The van der Waals surface area contributed by atoms with Gasteiger partial charge in [-0.3, -0.25) is 4.79 Å². The van der Waals surface area contributed by atoms with Gasteiger partial charge in [-0.2, -0.15) is 0 Å². The summed E-state index contributed by atoms with van der Waals surface area (Å²) in [7, 11) is 0. The van der Waals surface area contributed by atoms with Crippen molar-refractivity contribution in [3.63, 3.8) is 0 Å². The van der Waals surface area contributed by atoms with Gasteiger partial charge in [-0.05, 0) is 12.1 Å². The number of piperazine rings is 1. The zero-order valence-electron chi connectivity index (χ0n) is 15.4. The lowest BCUT2D eigenvalue weighted by Gasteiger charge is -2.36. The highest BCUT2D eigenvalue weighted by Crippen LogP contribution is 2.24. The Morgan fingerprint density at radius 1 is 1.08 bits per heavy atom. The Bertz CT molecular complexity index is 733. The number of fused-ring (bicyclic) bond motifs is 1. The van der Waals surface area contributed by atoms with Gasteiger partial charge in [0.1, 0.15) is 5.65 Å². The molecule has 0 N–H and O–H groups in total. The molecule has 3 heterocycles. The van der Waals surface area contributed by atoms with E-state index in [2.05, 4.69) is 54.6 Å². The predicted octanol–water partition coefficient (Wildman–Crippen LogP) is 2.94. The summed E-state index contributed by atoms with van der Waals surface area (Å²) in [6.07, 6.45) is 4.27. The molecule has 1 aliphatic heterocycles. The maximum Gasteiger partial charge on any atom is 0.225 e. The maximum atomic E-state index is 12.1. The summed E-state index contributed by atoms with van der Waals surface area (Å²) in [5.74, 6) is 0.337. The summed E-state index contributed by atoms with van der Waals surface area (Å²) in [5, 5.41) is 0. The van der Waals surface area contributed by atoms with Gasteiger partial charge in [0, 0.05) is 49.9 Å². The second-order valence-corrected chi connectivity index (χ2v) is 8.00. The van der Waals surface area contributed by atoms with Crippen LogP contribution in [0.4, 0.5) is 5.69 Å². The molecule has 0 aromatic carbocycles. The fourth-order valence-corrected chi connectivity index (χ4v) is 3.08. The summed E-state index contributed by atoms with van der Waals surface area (Å²) >= 11 is 0. The minimum absolute atomic E-state index is 0.0506. The highest BCUT2D eigenvalue weighted by atomic mass is 16.2. The summed E-state index contributed by atoms with van der Waals surface area (Å²) in [4.78, 5) is 21.2. The molecule has 0 radical (unpaired) electrons. The second-order valence-electron chi connectivity index (χ2n) is 8.00. The number of hydrogen-bond donors (Lipinski definition) is 0. The van der Waals surface area contributed by atoms with E-state index in [-0.39, 0.29) is 17.2 Å². The van der Waals surface area contributed by atoms with Crippen molar-refractivity contribution >= 4 is 17.2 Å². The van der Waals surface area contributed by atoms with Crippen LogP contribution in [-0.2, 0) is 10.2 Å². The molecule has 1 amide bonds. The average molecular weight is 328 g/mol. The third-order valence-electron chi connectivity index (χ3n) is 4.65. The number of rotatable bonds is 2. The van der Waals surface area contributed by atoms with E-state index >= 15 is 0 Å². The van der Waals surface area contributed by atoms with E-state index in [0.29, 0.717) is 0 Å². The molecule has 5 heteroatoms. The smallest absolute Gasteiger partial charge is 0.225 e. The molecule has 0 saturated carbocycles. The molecule has 0 unspecified atom stereocenters. The van der Waals surface area contributed by atoms with Crippen LogP contribution < -0.4 is 4.90 Å². The van der Waals surface area contributed by atoms with Crippen molar-refractivity contribution in [2.45, 2.75) is 40.0 Å². The maximum absolute atomic E-state index is 12.1. The quantitative estimate of drug-likeness (QED) is 0.851. The number of carbonyl (C=O) groups is 1. The first kappa shape index (κ1) is 16.8. The van der Waals surface area contributed by atoms with Crippen molar-refractivity contribution in [1.82, 2.24) is 14.3 Å². The number of aromatic nitrogens is 2. The summed E-state index contributed by atoms with van der Waals surface area (Å²) in [5.41, 5.74) is 3.33. The predicted molar refractivity (Wildman–Crippen MR) is 97.5 cm³/mol. The number of carbonyl (C=O) groups excluding carboxylic acids is 1. The van der Waals surface area contributed by atoms with Crippen LogP contribution in [0.25, 0.3) is 5.65 Å². The van der Waals surface area contributed by atoms with E-state index in [0.717, 1.165) is 37.5 Å². The van der Waals surface area contributed by atoms with Crippen molar-refractivity contribution in [3.8, 4) is 0 Å². The molecule has 5 nitrogen and oxygen atoms in total. The molecule has 2 aromatic rings. The van der Waals surface area contributed by atoms with Crippen molar-refractivity contribution < 1.29 is 4.79 Å². The fourth-order valence-electron chi connectivity index (χ4n) is 3.08. The molecule has 0 aliphatic carbocycles. The van der Waals surface area contributed by atoms with Gasteiger partial charge in [0.05, 0.1) is 11.4 Å². The van der Waals surface area contributed by atoms with Gasteiger partial charge in [-0.15, -0.1) is 0 Å². The lowest BCUT2D eigenvalue weighted by molar-refractivity contribution is -0.134. The molecular weight excluding hydrogens is 300 g/mol. The van der Waals surface area contributed by atoms with Crippen molar-refractivity contribution in [2.24, 2.45) is 5.92 Å². The van der Waals surface area contributed by atoms with Crippen LogP contribution in [0.5, 0.6) is 0 Å². The molecule has 0 bridgehead atoms. The summed E-state index contributed by atoms with van der Waals surface area (Å²) in [6.45, 7) is 13.8. The molecule has 3 rings (SSSR count). The first-order valence-corrected chi connectivity index (χ1v) is 8.78. The van der Waals surface area contributed by atoms with Crippen LogP contribution in [0, 0.1) is 5.92 Å². The van der Waals surface area contributed by atoms with E-state index in [1.54, 1.807) is 0 Å². The number of amides is 1. The van der Waals surface area contributed by atoms with Crippen LogP contribution in [0.15, 0.2) is 24.5 Å². The first-order valence-electron chi connectivity index (χ1n) is 8.78. The summed E-state index contributed by atoms with van der Waals surface area (Å²) < 4.78 is 2.11.